The number of furan rings is 1. The van der Waals surface area contributed by atoms with E-state index in [-0.39, 0.29) is 28.1 Å². The van der Waals surface area contributed by atoms with Gasteiger partial charge < -0.3 is 13.6 Å². The summed E-state index contributed by atoms with van der Waals surface area (Å²) in [6.07, 6.45) is 1.38. The lowest BCUT2D eigenvalue weighted by molar-refractivity contribution is 0.0726. The standard InChI is InChI=1S/C20H10ClFO5/c21-11-7-8-15-13(10-11)17(23)19(18(26-15)16-6-3-9-25-16)27-20(24)12-4-1-2-5-14(12)22/h1-10H. The zero-order valence-corrected chi connectivity index (χ0v) is 14.3. The van der Waals surface area contributed by atoms with Crippen LogP contribution < -0.4 is 10.2 Å². The van der Waals surface area contributed by atoms with Gasteiger partial charge in [-0.3, -0.25) is 4.79 Å². The lowest BCUT2D eigenvalue weighted by atomic mass is 10.2. The first-order valence-electron chi connectivity index (χ1n) is 7.81. The number of rotatable bonds is 3. The van der Waals surface area contributed by atoms with Gasteiger partial charge in [0, 0.05) is 5.02 Å². The molecule has 0 fully saturated rings. The molecule has 4 aromatic rings. The number of esters is 1. The Balaban J connectivity index is 1.91. The molecule has 0 saturated carbocycles. The van der Waals surface area contributed by atoms with Crippen molar-refractivity contribution in [1.82, 2.24) is 0 Å². The molecule has 0 bridgehead atoms. The summed E-state index contributed by atoms with van der Waals surface area (Å²) in [5, 5.41) is 0.432. The fraction of sp³-hybridized carbons (Fsp3) is 0. The van der Waals surface area contributed by atoms with Crippen molar-refractivity contribution in [3.05, 3.63) is 87.5 Å². The molecule has 0 unspecified atom stereocenters. The molecule has 2 heterocycles. The number of hydrogen-bond donors (Lipinski definition) is 0. The van der Waals surface area contributed by atoms with Gasteiger partial charge in [0.05, 0.1) is 17.2 Å². The molecule has 0 radical (unpaired) electrons. The Hall–Kier alpha value is -3.38. The second-order valence-electron chi connectivity index (χ2n) is 5.58. The molecule has 0 atom stereocenters. The Labute approximate surface area is 156 Å². The second kappa shape index (κ2) is 6.74. The van der Waals surface area contributed by atoms with E-state index in [1.807, 2.05) is 0 Å². The minimum Gasteiger partial charge on any atom is -0.461 e. The minimum atomic E-state index is -1.03. The van der Waals surface area contributed by atoms with Gasteiger partial charge in [0.1, 0.15) is 11.4 Å². The van der Waals surface area contributed by atoms with E-state index in [1.165, 1.54) is 36.6 Å². The Morgan fingerprint density at radius 1 is 1.07 bits per heavy atom. The van der Waals surface area contributed by atoms with Gasteiger partial charge in [0.2, 0.25) is 16.9 Å². The van der Waals surface area contributed by atoms with Gasteiger partial charge in [-0.05, 0) is 42.5 Å². The van der Waals surface area contributed by atoms with Crippen molar-refractivity contribution in [3.8, 4) is 17.3 Å². The summed E-state index contributed by atoms with van der Waals surface area (Å²) >= 11 is 5.95. The monoisotopic (exact) mass is 384 g/mol. The number of ether oxygens (including phenoxy) is 1. The van der Waals surface area contributed by atoms with E-state index in [0.29, 0.717) is 5.02 Å². The summed E-state index contributed by atoms with van der Waals surface area (Å²) in [5.74, 6) is -2.11. The molecule has 2 aromatic heterocycles. The smallest absolute Gasteiger partial charge is 0.346 e. The van der Waals surface area contributed by atoms with Crippen LogP contribution in [0.4, 0.5) is 4.39 Å². The van der Waals surface area contributed by atoms with E-state index >= 15 is 0 Å². The van der Waals surface area contributed by atoms with Crippen molar-refractivity contribution in [1.29, 1.82) is 0 Å². The van der Waals surface area contributed by atoms with Crippen LogP contribution >= 0.6 is 11.6 Å². The van der Waals surface area contributed by atoms with Gasteiger partial charge in [-0.1, -0.05) is 23.7 Å². The fourth-order valence-electron chi connectivity index (χ4n) is 2.59. The molecule has 134 valence electrons. The largest absolute Gasteiger partial charge is 0.461 e. The van der Waals surface area contributed by atoms with Crippen molar-refractivity contribution < 1.29 is 22.8 Å². The molecule has 0 N–H and O–H groups in total. The van der Waals surface area contributed by atoms with Crippen LogP contribution in [0.3, 0.4) is 0 Å². The molecule has 27 heavy (non-hydrogen) atoms. The normalized spacial score (nSPS) is 10.9. The summed E-state index contributed by atoms with van der Waals surface area (Å²) in [4.78, 5) is 25.3. The maximum atomic E-state index is 13.9. The molecule has 0 aliphatic carbocycles. The molecule has 4 rings (SSSR count). The van der Waals surface area contributed by atoms with E-state index in [0.717, 1.165) is 6.07 Å². The van der Waals surface area contributed by atoms with Crippen molar-refractivity contribution >= 4 is 28.5 Å². The summed E-state index contributed by atoms with van der Waals surface area (Å²) in [5.41, 5.74) is -0.704. The summed E-state index contributed by atoms with van der Waals surface area (Å²) < 4.78 is 30.1. The maximum Gasteiger partial charge on any atom is 0.346 e. The first kappa shape index (κ1) is 17.1. The molecule has 0 amide bonds. The maximum absolute atomic E-state index is 13.9. The zero-order valence-electron chi connectivity index (χ0n) is 13.6. The quantitative estimate of drug-likeness (QED) is 0.461. The van der Waals surface area contributed by atoms with Crippen LogP contribution in [0.2, 0.25) is 5.02 Å². The van der Waals surface area contributed by atoms with Crippen LogP contribution in [0.1, 0.15) is 10.4 Å². The minimum absolute atomic E-state index is 0.0792. The molecule has 5 nitrogen and oxygen atoms in total. The highest BCUT2D eigenvalue weighted by atomic mass is 35.5. The summed E-state index contributed by atoms with van der Waals surface area (Å²) in [6.45, 7) is 0. The predicted octanol–water partition coefficient (Wildman–Crippen LogP) is 5.06. The van der Waals surface area contributed by atoms with Gasteiger partial charge in [-0.2, -0.15) is 0 Å². The van der Waals surface area contributed by atoms with Crippen molar-refractivity contribution in [3.63, 3.8) is 0 Å². The SMILES string of the molecule is O=C(Oc1c(-c2ccco2)oc2ccc(Cl)cc2c1=O)c1ccccc1F. The summed E-state index contributed by atoms with van der Waals surface area (Å²) in [6, 6.07) is 12.9. The van der Waals surface area contributed by atoms with Gasteiger partial charge in [0.15, 0.2) is 5.76 Å². The lowest BCUT2D eigenvalue weighted by Gasteiger charge is -2.09. The third kappa shape index (κ3) is 3.11. The van der Waals surface area contributed by atoms with Crippen LogP contribution in [0, 0.1) is 5.82 Å². The fourth-order valence-corrected chi connectivity index (χ4v) is 2.76. The first-order valence-corrected chi connectivity index (χ1v) is 8.19. The van der Waals surface area contributed by atoms with Crippen molar-refractivity contribution in [2.75, 3.05) is 0 Å². The Bertz CT molecular complexity index is 1210. The number of carbonyl (C=O) groups excluding carboxylic acids is 1. The topological polar surface area (TPSA) is 69.7 Å². The highest BCUT2D eigenvalue weighted by Gasteiger charge is 2.24. The molecule has 7 heteroatoms. The van der Waals surface area contributed by atoms with Gasteiger partial charge in [-0.25, -0.2) is 9.18 Å². The van der Waals surface area contributed by atoms with Crippen LogP contribution in [0.5, 0.6) is 5.75 Å². The zero-order chi connectivity index (χ0) is 19.0. The number of fused-ring (bicyclic) bond motifs is 1. The molecule has 0 spiro atoms. The van der Waals surface area contributed by atoms with Crippen LogP contribution in [-0.2, 0) is 0 Å². The summed E-state index contributed by atoms with van der Waals surface area (Å²) in [7, 11) is 0. The molecular weight excluding hydrogens is 375 g/mol. The average Bonchev–Trinajstić information content (AvgIpc) is 3.19. The molecular formula is C20H10ClFO5. The van der Waals surface area contributed by atoms with Crippen LogP contribution in [0.25, 0.3) is 22.5 Å². The van der Waals surface area contributed by atoms with Crippen molar-refractivity contribution in [2.24, 2.45) is 0 Å². The van der Waals surface area contributed by atoms with E-state index in [4.69, 9.17) is 25.2 Å². The first-order chi connectivity index (χ1) is 13.0. The van der Waals surface area contributed by atoms with E-state index in [9.17, 15) is 14.0 Å². The highest BCUT2D eigenvalue weighted by Crippen LogP contribution is 2.32. The highest BCUT2D eigenvalue weighted by molar-refractivity contribution is 6.31. The number of carbonyl (C=O) groups is 1. The van der Waals surface area contributed by atoms with E-state index < -0.39 is 23.0 Å². The molecule has 0 saturated heterocycles. The van der Waals surface area contributed by atoms with Crippen LogP contribution in [-0.4, -0.2) is 5.97 Å². The third-order valence-corrected chi connectivity index (χ3v) is 4.08. The number of benzene rings is 2. The molecule has 0 aliphatic heterocycles. The average molecular weight is 385 g/mol. The van der Waals surface area contributed by atoms with E-state index in [1.54, 1.807) is 18.2 Å². The Morgan fingerprint density at radius 2 is 1.89 bits per heavy atom. The molecule has 2 aromatic carbocycles. The predicted molar refractivity (Wildman–Crippen MR) is 96.6 cm³/mol. The van der Waals surface area contributed by atoms with Crippen LogP contribution in [0.15, 0.2) is 74.5 Å². The lowest BCUT2D eigenvalue weighted by Crippen LogP contribution is -2.17. The number of halogens is 2. The number of hydrogen-bond acceptors (Lipinski definition) is 5. The van der Waals surface area contributed by atoms with Gasteiger partial charge in [0.25, 0.3) is 0 Å². The van der Waals surface area contributed by atoms with Gasteiger partial charge in [-0.15, -0.1) is 0 Å². The van der Waals surface area contributed by atoms with Crippen molar-refractivity contribution in [2.45, 2.75) is 0 Å². The Morgan fingerprint density at radius 3 is 2.63 bits per heavy atom. The second-order valence-corrected chi connectivity index (χ2v) is 6.01. The van der Waals surface area contributed by atoms with Gasteiger partial charge >= 0.3 is 5.97 Å². The Kier molecular flexibility index (Phi) is 4.25. The third-order valence-electron chi connectivity index (χ3n) is 3.84. The van der Waals surface area contributed by atoms with E-state index in [2.05, 4.69) is 0 Å². The molecule has 0 aliphatic rings.